The number of rotatable bonds is 4. The summed E-state index contributed by atoms with van der Waals surface area (Å²) in [7, 11) is 0. The number of nitrogen functional groups attached to an aromatic ring is 1. The van der Waals surface area contributed by atoms with Gasteiger partial charge in [0.15, 0.2) is 5.82 Å². The first-order valence-electron chi connectivity index (χ1n) is 11.6. The third-order valence-electron chi connectivity index (χ3n) is 6.71. The quantitative estimate of drug-likeness (QED) is 0.622. The Bertz CT molecular complexity index is 1100. The summed E-state index contributed by atoms with van der Waals surface area (Å²) in [5.41, 5.74) is 8.97. The van der Waals surface area contributed by atoms with Crippen molar-refractivity contribution in [2.45, 2.75) is 31.7 Å². The monoisotopic (exact) mass is 448 g/mol. The van der Waals surface area contributed by atoms with Crippen LogP contribution in [0.1, 0.15) is 25.7 Å². The maximum Gasteiger partial charge on any atom is 0.322 e. The van der Waals surface area contributed by atoms with Gasteiger partial charge in [0.25, 0.3) is 0 Å². The summed E-state index contributed by atoms with van der Waals surface area (Å²) in [6, 6.07) is 16.0. The van der Waals surface area contributed by atoms with Gasteiger partial charge in [0.1, 0.15) is 17.2 Å². The molecular formula is C25H29FN6O. The highest BCUT2D eigenvalue weighted by atomic mass is 19.1. The molecule has 1 saturated heterocycles. The van der Waals surface area contributed by atoms with E-state index < -0.39 is 0 Å². The standard InChI is InChI=1S/C25H29FN6O/c26-19-10-12-21(13-11-19)32-24(27)23(22(29-32)18-6-2-1-3-7-18)28-25(33)31-16-14-30(15-17-31)20-8-4-5-9-20/h1-3,6-7,10-13,20H,4-5,8-9,14-17,27H2,(H,28,33). The van der Waals surface area contributed by atoms with E-state index in [1.165, 1.54) is 42.5 Å². The second kappa shape index (κ2) is 9.23. The van der Waals surface area contributed by atoms with E-state index in [0.29, 0.717) is 42.0 Å². The molecule has 0 bridgehead atoms. The van der Waals surface area contributed by atoms with E-state index >= 15 is 0 Å². The molecule has 2 heterocycles. The molecule has 1 saturated carbocycles. The molecule has 172 valence electrons. The van der Waals surface area contributed by atoms with Gasteiger partial charge in [-0.3, -0.25) is 4.90 Å². The number of carbonyl (C=O) groups is 1. The highest BCUT2D eigenvalue weighted by Crippen LogP contribution is 2.34. The number of carbonyl (C=O) groups excluding carboxylic acids is 1. The van der Waals surface area contributed by atoms with Gasteiger partial charge in [0.2, 0.25) is 0 Å². The fourth-order valence-electron chi connectivity index (χ4n) is 4.88. The summed E-state index contributed by atoms with van der Waals surface area (Å²) in [5.74, 6) is -0.0311. The van der Waals surface area contributed by atoms with Crippen molar-refractivity contribution in [1.29, 1.82) is 0 Å². The van der Waals surface area contributed by atoms with Crippen molar-refractivity contribution in [2.75, 3.05) is 37.2 Å². The number of piperazine rings is 1. The van der Waals surface area contributed by atoms with Gasteiger partial charge < -0.3 is 16.0 Å². The lowest BCUT2D eigenvalue weighted by atomic mass is 10.1. The second-order valence-corrected chi connectivity index (χ2v) is 8.75. The molecule has 1 aromatic heterocycles. The Morgan fingerprint density at radius 1 is 0.970 bits per heavy atom. The van der Waals surface area contributed by atoms with E-state index in [1.807, 2.05) is 35.2 Å². The molecule has 0 atom stereocenters. The number of hydrogen-bond acceptors (Lipinski definition) is 4. The molecule has 3 N–H and O–H groups in total. The largest absolute Gasteiger partial charge is 0.382 e. The Labute approximate surface area is 193 Å². The number of halogens is 1. The molecule has 33 heavy (non-hydrogen) atoms. The molecule has 1 aliphatic heterocycles. The van der Waals surface area contributed by atoms with Gasteiger partial charge in [-0.05, 0) is 37.1 Å². The van der Waals surface area contributed by atoms with Crippen LogP contribution in [-0.4, -0.2) is 57.8 Å². The number of benzene rings is 2. The smallest absolute Gasteiger partial charge is 0.322 e. The highest BCUT2D eigenvalue weighted by molar-refractivity contribution is 5.97. The first-order chi connectivity index (χ1) is 16.1. The average Bonchev–Trinajstić information content (AvgIpc) is 3.50. The van der Waals surface area contributed by atoms with Crippen molar-refractivity contribution in [3.05, 3.63) is 60.4 Å². The van der Waals surface area contributed by atoms with Gasteiger partial charge in [0, 0.05) is 37.8 Å². The summed E-state index contributed by atoms with van der Waals surface area (Å²) in [5, 5.41) is 7.69. The Hall–Kier alpha value is -3.39. The van der Waals surface area contributed by atoms with Crippen molar-refractivity contribution in [2.24, 2.45) is 0 Å². The zero-order valence-electron chi connectivity index (χ0n) is 18.6. The van der Waals surface area contributed by atoms with Gasteiger partial charge in [-0.2, -0.15) is 5.10 Å². The first-order valence-corrected chi connectivity index (χ1v) is 11.6. The van der Waals surface area contributed by atoms with Crippen molar-refractivity contribution < 1.29 is 9.18 Å². The number of anilines is 2. The summed E-state index contributed by atoms with van der Waals surface area (Å²) in [6.45, 7) is 3.17. The number of amides is 2. The summed E-state index contributed by atoms with van der Waals surface area (Å²) in [4.78, 5) is 17.5. The molecule has 0 unspecified atom stereocenters. The molecule has 7 nitrogen and oxygen atoms in total. The van der Waals surface area contributed by atoms with Crippen LogP contribution in [0, 0.1) is 5.82 Å². The molecule has 0 spiro atoms. The Morgan fingerprint density at radius 3 is 2.30 bits per heavy atom. The van der Waals surface area contributed by atoms with E-state index in [2.05, 4.69) is 15.3 Å². The number of nitrogens with one attached hydrogen (secondary N) is 1. The Kier molecular flexibility index (Phi) is 6.00. The molecule has 2 aromatic carbocycles. The van der Waals surface area contributed by atoms with Crippen LogP contribution in [0.3, 0.4) is 0 Å². The molecule has 2 amide bonds. The van der Waals surface area contributed by atoms with Crippen LogP contribution in [0.5, 0.6) is 0 Å². The molecule has 3 aromatic rings. The van der Waals surface area contributed by atoms with Crippen LogP contribution < -0.4 is 11.1 Å². The number of urea groups is 1. The summed E-state index contributed by atoms with van der Waals surface area (Å²) < 4.78 is 15.0. The van der Waals surface area contributed by atoms with Gasteiger partial charge >= 0.3 is 6.03 Å². The Morgan fingerprint density at radius 2 is 1.64 bits per heavy atom. The van der Waals surface area contributed by atoms with E-state index in [1.54, 1.807) is 12.1 Å². The minimum absolute atomic E-state index is 0.177. The average molecular weight is 449 g/mol. The molecule has 5 rings (SSSR count). The van der Waals surface area contributed by atoms with E-state index in [0.717, 1.165) is 18.7 Å². The molecule has 8 heteroatoms. The number of nitrogens with zero attached hydrogens (tertiary/aromatic N) is 4. The lowest BCUT2D eigenvalue weighted by Crippen LogP contribution is -2.52. The fourth-order valence-corrected chi connectivity index (χ4v) is 4.88. The van der Waals surface area contributed by atoms with Gasteiger partial charge in [-0.15, -0.1) is 0 Å². The summed E-state index contributed by atoms with van der Waals surface area (Å²) in [6.07, 6.45) is 5.16. The van der Waals surface area contributed by atoms with E-state index in [-0.39, 0.29) is 11.8 Å². The van der Waals surface area contributed by atoms with E-state index in [9.17, 15) is 9.18 Å². The number of aromatic nitrogens is 2. The SMILES string of the molecule is Nc1c(NC(=O)N2CCN(C3CCCC3)CC2)c(-c2ccccc2)nn1-c1ccc(F)cc1. The molecule has 0 radical (unpaired) electrons. The lowest BCUT2D eigenvalue weighted by Gasteiger charge is -2.38. The van der Waals surface area contributed by atoms with Gasteiger partial charge in [-0.1, -0.05) is 43.2 Å². The zero-order chi connectivity index (χ0) is 22.8. The molecule has 2 aliphatic rings. The van der Waals surface area contributed by atoms with Crippen LogP contribution in [0.15, 0.2) is 54.6 Å². The maximum atomic E-state index is 13.4. The minimum atomic E-state index is -0.335. The van der Waals surface area contributed by atoms with Gasteiger partial charge in [0.05, 0.1) is 5.69 Å². The Balaban J connectivity index is 1.38. The molecular weight excluding hydrogens is 419 g/mol. The van der Waals surface area contributed by atoms with Crippen molar-refractivity contribution >= 4 is 17.5 Å². The third-order valence-corrected chi connectivity index (χ3v) is 6.71. The maximum absolute atomic E-state index is 13.4. The summed E-state index contributed by atoms with van der Waals surface area (Å²) >= 11 is 0. The number of nitrogens with two attached hydrogens (primary N) is 1. The van der Waals surface area contributed by atoms with Crippen LogP contribution in [0.2, 0.25) is 0 Å². The zero-order valence-corrected chi connectivity index (χ0v) is 18.6. The molecule has 1 aliphatic carbocycles. The molecule has 2 fully saturated rings. The van der Waals surface area contributed by atoms with Crippen molar-refractivity contribution in [1.82, 2.24) is 19.6 Å². The third kappa shape index (κ3) is 4.43. The minimum Gasteiger partial charge on any atom is -0.382 e. The highest BCUT2D eigenvalue weighted by Gasteiger charge is 2.29. The van der Waals surface area contributed by atoms with Crippen molar-refractivity contribution in [3.63, 3.8) is 0 Å². The van der Waals surface area contributed by atoms with E-state index in [4.69, 9.17) is 5.73 Å². The normalized spacial score (nSPS) is 17.4. The van der Waals surface area contributed by atoms with Crippen molar-refractivity contribution in [3.8, 4) is 16.9 Å². The number of hydrogen-bond donors (Lipinski definition) is 2. The lowest BCUT2D eigenvalue weighted by molar-refractivity contribution is 0.115. The predicted molar refractivity (Wildman–Crippen MR) is 128 cm³/mol. The topological polar surface area (TPSA) is 79.4 Å². The predicted octanol–water partition coefficient (Wildman–Crippen LogP) is 4.35. The van der Waals surface area contributed by atoms with Crippen LogP contribution in [0.4, 0.5) is 20.7 Å². The van der Waals surface area contributed by atoms with Crippen LogP contribution in [0.25, 0.3) is 16.9 Å². The first kappa shape index (κ1) is 21.5. The van der Waals surface area contributed by atoms with Crippen LogP contribution in [-0.2, 0) is 0 Å². The fraction of sp³-hybridized carbons (Fsp3) is 0.360. The van der Waals surface area contributed by atoms with Crippen LogP contribution >= 0.6 is 0 Å². The van der Waals surface area contributed by atoms with Gasteiger partial charge in [-0.25, -0.2) is 13.9 Å². The second-order valence-electron chi connectivity index (χ2n) is 8.75.